The minimum Gasteiger partial charge on any atom is -0.491 e. The molecule has 1 atom stereocenters. The Hall–Kier alpha value is -1.75. The zero-order valence-corrected chi connectivity index (χ0v) is 10.1. The summed E-state index contributed by atoms with van der Waals surface area (Å²) in [5, 5.41) is 18.0. The van der Waals surface area contributed by atoms with Gasteiger partial charge in [0.15, 0.2) is 0 Å². The number of aliphatic hydroxyl groups is 1. The van der Waals surface area contributed by atoms with Gasteiger partial charge < -0.3 is 19.8 Å². The topological polar surface area (TPSA) is 70.0 Å². The summed E-state index contributed by atoms with van der Waals surface area (Å²) in [5.41, 5.74) is 0.786. The molecule has 1 amide bonds. The number of likely N-dealkylation sites (tertiary alicyclic amines) is 1. The number of carbonyl (C=O) groups is 1. The van der Waals surface area contributed by atoms with E-state index in [0.29, 0.717) is 18.9 Å². The van der Waals surface area contributed by atoms with E-state index in [2.05, 4.69) is 0 Å². The van der Waals surface area contributed by atoms with Gasteiger partial charge in [-0.2, -0.15) is 0 Å². The van der Waals surface area contributed by atoms with Crippen LogP contribution in [0, 0.1) is 0 Å². The van der Waals surface area contributed by atoms with Crippen molar-refractivity contribution in [1.29, 1.82) is 0 Å². The van der Waals surface area contributed by atoms with Crippen molar-refractivity contribution in [2.45, 2.75) is 25.5 Å². The van der Waals surface area contributed by atoms with Crippen LogP contribution in [0.25, 0.3) is 0 Å². The van der Waals surface area contributed by atoms with Crippen molar-refractivity contribution in [3.05, 3.63) is 29.8 Å². The minimum absolute atomic E-state index is 0.0259. The average molecular weight is 251 g/mol. The van der Waals surface area contributed by atoms with Crippen molar-refractivity contribution in [3.8, 4) is 5.75 Å². The number of hydrogen-bond acceptors (Lipinski definition) is 3. The first-order chi connectivity index (χ1) is 8.70. The van der Waals surface area contributed by atoms with E-state index in [4.69, 9.17) is 14.9 Å². The number of aliphatic hydroxyl groups excluding tert-OH is 1. The molecule has 1 unspecified atom stereocenters. The minimum atomic E-state index is -0.884. The maximum atomic E-state index is 11.0. The highest BCUT2D eigenvalue weighted by molar-refractivity contribution is 5.65. The lowest BCUT2D eigenvalue weighted by atomic mass is 10.2. The van der Waals surface area contributed by atoms with Crippen molar-refractivity contribution in [2.24, 2.45) is 0 Å². The summed E-state index contributed by atoms with van der Waals surface area (Å²) >= 11 is 0. The van der Waals surface area contributed by atoms with Crippen LogP contribution < -0.4 is 4.74 Å². The fourth-order valence-corrected chi connectivity index (χ4v) is 2.19. The van der Waals surface area contributed by atoms with E-state index < -0.39 is 6.09 Å². The molecule has 0 saturated carbocycles. The quantitative estimate of drug-likeness (QED) is 0.854. The monoisotopic (exact) mass is 251 g/mol. The van der Waals surface area contributed by atoms with Crippen molar-refractivity contribution in [3.63, 3.8) is 0 Å². The molecule has 1 fully saturated rings. The Morgan fingerprint density at radius 3 is 3.06 bits per heavy atom. The molecule has 2 rings (SSSR count). The number of rotatable bonds is 4. The van der Waals surface area contributed by atoms with Crippen molar-refractivity contribution < 1.29 is 19.7 Å². The van der Waals surface area contributed by atoms with Gasteiger partial charge in [0.1, 0.15) is 12.4 Å². The molecule has 5 heteroatoms. The van der Waals surface area contributed by atoms with Crippen LogP contribution in [0.5, 0.6) is 5.75 Å². The highest BCUT2D eigenvalue weighted by Crippen LogP contribution is 2.20. The van der Waals surface area contributed by atoms with E-state index in [9.17, 15) is 4.79 Å². The molecule has 1 aliphatic heterocycles. The maximum absolute atomic E-state index is 11.0. The summed E-state index contributed by atoms with van der Waals surface area (Å²) < 4.78 is 5.60. The normalized spacial score (nSPS) is 18.9. The van der Waals surface area contributed by atoms with Gasteiger partial charge in [0, 0.05) is 6.54 Å². The summed E-state index contributed by atoms with van der Waals surface area (Å²) in [6.07, 6.45) is 0.841. The lowest BCUT2D eigenvalue weighted by Gasteiger charge is -2.21. The Morgan fingerprint density at radius 1 is 1.50 bits per heavy atom. The molecule has 0 radical (unpaired) electrons. The number of carboxylic acid groups (broad SMARTS) is 1. The zero-order chi connectivity index (χ0) is 13.0. The van der Waals surface area contributed by atoms with Crippen LogP contribution in [0.4, 0.5) is 4.79 Å². The highest BCUT2D eigenvalue weighted by Gasteiger charge is 2.28. The molecule has 1 aromatic rings. The van der Waals surface area contributed by atoms with Gasteiger partial charge in [-0.3, -0.25) is 0 Å². The number of nitrogens with zero attached hydrogens (tertiary/aromatic N) is 1. The van der Waals surface area contributed by atoms with Gasteiger partial charge >= 0.3 is 6.09 Å². The van der Waals surface area contributed by atoms with E-state index in [0.717, 1.165) is 18.4 Å². The second-order valence-corrected chi connectivity index (χ2v) is 4.39. The Bertz CT molecular complexity index is 421. The molecule has 98 valence electrons. The lowest BCUT2D eigenvalue weighted by molar-refractivity contribution is 0.123. The van der Waals surface area contributed by atoms with Crippen LogP contribution in [0.2, 0.25) is 0 Å². The van der Waals surface area contributed by atoms with E-state index >= 15 is 0 Å². The number of benzene rings is 1. The van der Waals surface area contributed by atoms with E-state index in [1.165, 1.54) is 4.90 Å². The second kappa shape index (κ2) is 5.73. The first-order valence-electron chi connectivity index (χ1n) is 6.03. The van der Waals surface area contributed by atoms with Crippen LogP contribution in [-0.2, 0) is 6.61 Å². The Balaban J connectivity index is 1.92. The standard InChI is InChI=1S/C13H17NO4/c15-8-10-3-1-5-12(7-10)18-9-11-4-2-6-14(11)13(16)17/h1,3,5,7,11,15H,2,4,6,8-9H2,(H,16,17). The Labute approximate surface area is 106 Å². The fraction of sp³-hybridized carbons (Fsp3) is 0.462. The lowest BCUT2D eigenvalue weighted by Crippen LogP contribution is -2.37. The van der Waals surface area contributed by atoms with Gasteiger partial charge in [-0.25, -0.2) is 4.79 Å². The van der Waals surface area contributed by atoms with Gasteiger partial charge in [-0.05, 0) is 30.5 Å². The van der Waals surface area contributed by atoms with Gasteiger partial charge in [0.05, 0.1) is 12.6 Å². The molecular formula is C13H17NO4. The first kappa shape index (κ1) is 12.7. The average Bonchev–Trinajstić information content (AvgIpc) is 2.85. The SMILES string of the molecule is O=C(O)N1CCCC1COc1cccc(CO)c1. The second-order valence-electron chi connectivity index (χ2n) is 4.39. The Morgan fingerprint density at radius 2 is 2.33 bits per heavy atom. The molecule has 1 aromatic carbocycles. The van der Waals surface area contributed by atoms with Crippen molar-refractivity contribution >= 4 is 6.09 Å². The fourth-order valence-electron chi connectivity index (χ4n) is 2.19. The van der Waals surface area contributed by atoms with E-state index in [-0.39, 0.29) is 12.6 Å². The summed E-state index contributed by atoms with van der Waals surface area (Å²) in [6, 6.07) is 7.12. The molecule has 0 bridgehead atoms. The number of hydrogen-bond donors (Lipinski definition) is 2. The molecule has 1 heterocycles. The third-order valence-electron chi connectivity index (χ3n) is 3.15. The summed E-state index contributed by atoms with van der Waals surface area (Å²) in [7, 11) is 0. The molecule has 0 spiro atoms. The van der Waals surface area contributed by atoms with Crippen molar-refractivity contribution in [2.75, 3.05) is 13.2 Å². The van der Waals surface area contributed by atoms with E-state index in [1.54, 1.807) is 12.1 Å². The number of ether oxygens (including phenoxy) is 1. The molecule has 0 aromatic heterocycles. The summed E-state index contributed by atoms with van der Waals surface area (Å²) in [5.74, 6) is 0.666. The molecule has 1 aliphatic rings. The molecule has 5 nitrogen and oxygen atoms in total. The summed E-state index contributed by atoms with van der Waals surface area (Å²) in [4.78, 5) is 12.4. The predicted octanol–water partition coefficient (Wildman–Crippen LogP) is 1.70. The van der Waals surface area contributed by atoms with Gasteiger partial charge in [0.2, 0.25) is 0 Å². The van der Waals surface area contributed by atoms with Gasteiger partial charge in [-0.1, -0.05) is 12.1 Å². The number of amides is 1. The van der Waals surface area contributed by atoms with Crippen molar-refractivity contribution in [1.82, 2.24) is 4.90 Å². The largest absolute Gasteiger partial charge is 0.491 e. The maximum Gasteiger partial charge on any atom is 0.407 e. The van der Waals surface area contributed by atoms with Gasteiger partial charge in [0.25, 0.3) is 0 Å². The molecular weight excluding hydrogens is 234 g/mol. The van der Waals surface area contributed by atoms with Crippen LogP contribution >= 0.6 is 0 Å². The first-order valence-corrected chi connectivity index (χ1v) is 6.03. The third-order valence-corrected chi connectivity index (χ3v) is 3.15. The molecule has 1 saturated heterocycles. The zero-order valence-electron chi connectivity index (χ0n) is 10.1. The van der Waals surface area contributed by atoms with Crippen LogP contribution in [-0.4, -0.2) is 40.4 Å². The Kier molecular flexibility index (Phi) is 4.04. The molecule has 0 aliphatic carbocycles. The van der Waals surface area contributed by atoms with Crippen LogP contribution in [0.3, 0.4) is 0 Å². The predicted molar refractivity (Wildman–Crippen MR) is 65.6 cm³/mol. The smallest absolute Gasteiger partial charge is 0.407 e. The highest BCUT2D eigenvalue weighted by atomic mass is 16.5. The van der Waals surface area contributed by atoms with Crippen LogP contribution in [0.15, 0.2) is 24.3 Å². The van der Waals surface area contributed by atoms with Crippen LogP contribution in [0.1, 0.15) is 18.4 Å². The van der Waals surface area contributed by atoms with Gasteiger partial charge in [-0.15, -0.1) is 0 Å². The molecule has 2 N–H and O–H groups in total. The summed E-state index contributed by atoms with van der Waals surface area (Å²) in [6.45, 7) is 0.920. The molecule has 18 heavy (non-hydrogen) atoms. The van der Waals surface area contributed by atoms with E-state index in [1.807, 2.05) is 12.1 Å². The third kappa shape index (κ3) is 2.92.